The van der Waals surface area contributed by atoms with Crippen molar-refractivity contribution in [1.82, 2.24) is 9.29 Å². The number of fused-ring (bicyclic) bond motifs is 1. The van der Waals surface area contributed by atoms with Gasteiger partial charge >= 0.3 is 6.18 Å². The van der Waals surface area contributed by atoms with Crippen LogP contribution in [0.4, 0.5) is 18.9 Å². The van der Waals surface area contributed by atoms with E-state index in [4.69, 9.17) is 11.6 Å². The first-order valence-electron chi connectivity index (χ1n) is 10.1. The first kappa shape index (κ1) is 23.5. The van der Waals surface area contributed by atoms with E-state index in [0.29, 0.717) is 23.7 Å². The summed E-state index contributed by atoms with van der Waals surface area (Å²) in [5, 5.41) is 2.66. The van der Waals surface area contributed by atoms with Gasteiger partial charge in [0.2, 0.25) is 15.9 Å². The van der Waals surface area contributed by atoms with Crippen LogP contribution < -0.4 is 5.32 Å². The van der Waals surface area contributed by atoms with E-state index in [1.807, 2.05) is 0 Å². The average Bonchev–Trinajstić information content (AvgIpc) is 2.79. The Bertz CT molecular complexity index is 1310. The van der Waals surface area contributed by atoms with E-state index >= 15 is 0 Å². The maximum Gasteiger partial charge on any atom is 0.417 e. The number of anilines is 1. The fourth-order valence-corrected chi connectivity index (χ4v) is 5.78. The number of piperidine rings is 1. The molecule has 0 spiro atoms. The Morgan fingerprint density at radius 3 is 2.67 bits per heavy atom. The molecule has 11 heteroatoms. The van der Waals surface area contributed by atoms with Crippen molar-refractivity contribution < 1.29 is 26.4 Å². The normalized spacial score (nSPS) is 17.8. The summed E-state index contributed by atoms with van der Waals surface area (Å²) in [6.07, 6.45) is -2.32. The lowest BCUT2D eigenvalue weighted by Gasteiger charge is -2.31. The summed E-state index contributed by atoms with van der Waals surface area (Å²) >= 11 is 5.62. The number of carbonyl (C=O) groups excluding carboxylic acids is 1. The van der Waals surface area contributed by atoms with Crippen molar-refractivity contribution >= 4 is 44.1 Å². The lowest BCUT2D eigenvalue weighted by molar-refractivity contribution is -0.137. The lowest BCUT2D eigenvalue weighted by Crippen LogP contribution is -2.43. The second kappa shape index (κ2) is 8.92. The number of sulfonamides is 1. The lowest BCUT2D eigenvalue weighted by atomic mass is 9.98. The molecule has 6 nitrogen and oxygen atoms in total. The van der Waals surface area contributed by atoms with Crippen molar-refractivity contribution in [3.05, 3.63) is 65.3 Å². The van der Waals surface area contributed by atoms with Gasteiger partial charge in [0.15, 0.2) is 0 Å². The highest BCUT2D eigenvalue weighted by atomic mass is 35.5. The first-order chi connectivity index (χ1) is 15.6. The van der Waals surface area contributed by atoms with Crippen molar-refractivity contribution in [1.29, 1.82) is 0 Å². The molecule has 1 aliphatic rings. The van der Waals surface area contributed by atoms with E-state index in [9.17, 15) is 26.4 Å². The van der Waals surface area contributed by atoms with Crippen molar-refractivity contribution in [3.8, 4) is 0 Å². The molecular weight excluding hydrogens is 479 g/mol. The van der Waals surface area contributed by atoms with Gasteiger partial charge in [0.1, 0.15) is 4.90 Å². The third-order valence-corrected chi connectivity index (χ3v) is 7.73. The van der Waals surface area contributed by atoms with E-state index in [2.05, 4.69) is 10.3 Å². The monoisotopic (exact) mass is 497 g/mol. The third-order valence-electron chi connectivity index (χ3n) is 5.51. The molecule has 4 rings (SSSR count). The van der Waals surface area contributed by atoms with Crippen LogP contribution in [-0.4, -0.2) is 36.7 Å². The molecule has 174 valence electrons. The zero-order valence-corrected chi connectivity index (χ0v) is 18.7. The van der Waals surface area contributed by atoms with Crippen molar-refractivity contribution in [3.63, 3.8) is 0 Å². The van der Waals surface area contributed by atoms with Gasteiger partial charge in [0.25, 0.3) is 0 Å². The summed E-state index contributed by atoms with van der Waals surface area (Å²) in [5.41, 5.74) is -0.777. The van der Waals surface area contributed by atoms with Gasteiger partial charge in [-0.15, -0.1) is 0 Å². The van der Waals surface area contributed by atoms with E-state index < -0.39 is 38.6 Å². The molecule has 0 bridgehead atoms. The minimum absolute atomic E-state index is 0.0502. The van der Waals surface area contributed by atoms with Crippen LogP contribution >= 0.6 is 11.6 Å². The van der Waals surface area contributed by atoms with Gasteiger partial charge in [0.05, 0.1) is 22.0 Å². The quantitative estimate of drug-likeness (QED) is 0.553. The minimum Gasteiger partial charge on any atom is -0.326 e. The molecule has 1 aliphatic heterocycles. The molecule has 1 fully saturated rings. The number of carbonyl (C=O) groups is 1. The Hall–Kier alpha value is -2.69. The van der Waals surface area contributed by atoms with Gasteiger partial charge in [-0.05, 0) is 43.2 Å². The highest BCUT2D eigenvalue weighted by Crippen LogP contribution is 2.36. The second-order valence-corrected chi connectivity index (χ2v) is 10.0. The number of nitrogens with zero attached hydrogens (tertiary/aromatic N) is 2. The molecule has 0 radical (unpaired) electrons. The van der Waals surface area contributed by atoms with Gasteiger partial charge in [-0.2, -0.15) is 17.5 Å². The number of hydrogen-bond donors (Lipinski definition) is 1. The molecule has 0 aliphatic carbocycles. The topological polar surface area (TPSA) is 79.4 Å². The Kier molecular flexibility index (Phi) is 6.35. The summed E-state index contributed by atoms with van der Waals surface area (Å²) in [6, 6.07) is 11.4. The molecule has 1 aromatic heterocycles. The molecule has 1 saturated heterocycles. The number of rotatable bonds is 4. The Morgan fingerprint density at radius 1 is 1.15 bits per heavy atom. The molecule has 1 amide bonds. The van der Waals surface area contributed by atoms with Gasteiger partial charge in [-0.3, -0.25) is 9.78 Å². The molecule has 1 N–H and O–H groups in total. The number of pyridine rings is 1. The fraction of sp³-hybridized carbons (Fsp3) is 0.273. The highest BCUT2D eigenvalue weighted by Gasteiger charge is 2.36. The second-order valence-electron chi connectivity index (χ2n) is 7.72. The van der Waals surface area contributed by atoms with Crippen molar-refractivity contribution in [2.75, 3.05) is 18.4 Å². The number of nitrogens with one attached hydrogen (secondary N) is 1. The molecule has 2 aromatic carbocycles. The highest BCUT2D eigenvalue weighted by molar-refractivity contribution is 7.89. The maximum atomic E-state index is 13.3. The van der Waals surface area contributed by atoms with Gasteiger partial charge in [-0.1, -0.05) is 29.8 Å². The van der Waals surface area contributed by atoms with Gasteiger partial charge < -0.3 is 5.32 Å². The maximum absolute atomic E-state index is 13.3. The molecule has 1 atom stereocenters. The fourth-order valence-electron chi connectivity index (χ4n) is 3.86. The summed E-state index contributed by atoms with van der Waals surface area (Å²) in [5.74, 6) is -1.28. The summed E-state index contributed by atoms with van der Waals surface area (Å²) < 4.78 is 67.2. The summed E-state index contributed by atoms with van der Waals surface area (Å²) in [6.45, 7) is 0.144. The third kappa shape index (κ3) is 4.83. The van der Waals surface area contributed by atoms with Crippen LogP contribution in [0.15, 0.2) is 59.6 Å². The van der Waals surface area contributed by atoms with Crippen LogP contribution in [0.5, 0.6) is 0 Å². The molecular formula is C22H19ClF3N3O3S. The van der Waals surface area contributed by atoms with E-state index in [0.717, 1.165) is 12.1 Å². The van der Waals surface area contributed by atoms with Crippen LogP contribution in [-0.2, 0) is 21.0 Å². The number of amides is 1. The average molecular weight is 498 g/mol. The van der Waals surface area contributed by atoms with Gasteiger partial charge in [-0.25, -0.2) is 8.42 Å². The molecule has 33 heavy (non-hydrogen) atoms. The van der Waals surface area contributed by atoms with Crippen LogP contribution in [0.1, 0.15) is 18.4 Å². The molecule has 0 unspecified atom stereocenters. The Morgan fingerprint density at radius 2 is 1.91 bits per heavy atom. The number of para-hydroxylation sites is 1. The number of hydrogen-bond acceptors (Lipinski definition) is 4. The SMILES string of the molecule is O=C(Nc1ccc(Cl)c(C(F)(F)F)c1)[C@H]1CCCN(S(=O)(=O)c2cccc3cccnc23)C1. The van der Waals surface area contributed by atoms with Crippen LogP contribution in [0, 0.1) is 5.92 Å². The van der Waals surface area contributed by atoms with Crippen molar-refractivity contribution in [2.24, 2.45) is 5.92 Å². The summed E-state index contributed by atoms with van der Waals surface area (Å²) in [7, 11) is -3.93. The van der Waals surface area contributed by atoms with Crippen LogP contribution in [0.2, 0.25) is 5.02 Å². The Balaban J connectivity index is 1.54. The smallest absolute Gasteiger partial charge is 0.326 e. The van der Waals surface area contributed by atoms with Gasteiger partial charge in [0, 0.05) is 30.4 Å². The van der Waals surface area contributed by atoms with E-state index in [1.165, 1.54) is 22.6 Å². The predicted molar refractivity (Wildman–Crippen MR) is 118 cm³/mol. The predicted octanol–water partition coefficient (Wildman–Crippen LogP) is 4.95. The minimum atomic E-state index is -4.67. The molecule has 2 heterocycles. The van der Waals surface area contributed by atoms with Crippen molar-refractivity contribution in [2.45, 2.75) is 23.9 Å². The first-order valence-corrected chi connectivity index (χ1v) is 11.9. The zero-order chi connectivity index (χ0) is 23.8. The number of aromatic nitrogens is 1. The molecule has 3 aromatic rings. The molecule has 0 saturated carbocycles. The van der Waals surface area contributed by atoms with E-state index in [-0.39, 0.29) is 23.7 Å². The largest absolute Gasteiger partial charge is 0.417 e. The Labute approximate surface area is 193 Å². The number of halogens is 4. The zero-order valence-electron chi connectivity index (χ0n) is 17.1. The van der Waals surface area contributed by atoms with E-state index in [1.54, 1.807) is 24.3 Å². The standard InChI is InChI=1S/C22H19ClF3N3O3S/c23-18-9-8-16(12-17(18)22(24,25)26)28-21(30)15-6-3-11-29(13-15)33(31,32)19-7-1-4-14-5-2-10-27-20(14)19/h1-2,4-5,7-10,12,15H,3,6,11,13H2,(H,28,30)/t15-/m0/s1. The van der Waals surface area contributed by atoms with Crippen LogP contribution in [0.3, 0.4) is 0 Å². The van der Waals surface area contributed by atoms with Crippen LogP contribution in [0.25, 0.3) is 10.9 Å². The number of alkyl halides is 3. The number of benzene rings is 2. The summed E-state index contributed by atoms with van der Waals surface area (Å²) in [4.78, 5) is 17.0.